The first kappa shape index (κ1) is 21.2. The van der Waals surface area contributed by atoms with Crippen LogP contribution < -0.4 is 5.32 Å². The van der Waals surface area contributed by atoms with E-state index in [-0.39, 0.29) is 29.2 Å². The molecule has 4 aromatic rings. The van der Waals surface area contributed by atoms with Crippen LogP contribution in [0.25, 0.3) is 20.9 Å². The zero-order valence-electron chi connectivity index (χ0n) is 18.8. The Bertz CT molecular complexity index is 1380. The fourth-order valence-corrected chi connectivity index (χ4v) is 5.85. The zero-order valence-corrected chi connectivity index (χ0v) is 19.6. The number of nitrogens with one attached hydrogen (secondary N) is 1. The lowest BCUT2D eigenvalue weighted by molar-refractivity contribution is -0.148. The van der Waals surface area contributed by atoms with Gasteiger partial charge in [-0.05, 0) is 61.6 Å². The molecule has 34 heavy (non-hydrogen) atoms. The molecular weight excluding hydrogens is 449 g/mol. The van der Waals surface area contributed by atoms with Crippen molar-refractivity contribution in [2.45, 2.75) is 37.1 Å². The van der Waals surface area contributed by atoms with Gasteiger partial charge in [0, 0.05) is 22.7 Å². The quantitative estimate of drug-likeness (QED) is 0.351. The van der Waals surface area contributed by atoms with Crippen molar-refractivity contribution in [3.05, 3.63) is 77.7 Å². The van der Waals surface area contributed by atoms with Gasteiger partial charge >= 0.3 is 5.97 Å². The van der Waals surface area contributed by atoms with Crippen LogP contribution in [0.1, 0.15) is 36.9 Å². The van der Waals surface area contributed by atoms with Gasteiger partial charge in [-0.3, -0.25) is 4.79 Å². The fourth-order valence-electron chi connectivity index (χ4n) is 4.88. The smallest absolute Gasteiger partial charge is 0.308 e. The van der Waals surface area contributed by atoms with Crippen molar-refractivity contribution in [1.29, 1.82) is 0 Å². The van der Waals surface area contributed by atoms with Gasteiger partial charge in [-0.1, -0.05) is 41.7 Å². The topological polar surface area (TPSA) is 64.1 Å². The Labute approximate surface area is 201 Å². The number of ether oxygens (including phenoxy) is 1. The van der Waals surface area contributed by atoms with Gasteiger partial charge in [-0.25, -0.2) is 14.4 Å². The average Bonchev–Trinajstić information content (AvgIpc) is 3.54. The molecule has 0 radical (unpaired) electrons. The van der Waals surface area contributed by atoms with Crippen molar-refractivity contribution in [2.24, 2.45) is 5.92 Å². The number of pyridine rings is 1. The number of fused-ring (bicyclic) bond motifs is 1. The van der Waals surface area contributed by atoms with Crippen LogP contribution >= 0.6 is 11.3 Å². The van der Waals surface area contributed by atoms with E-state index < -0.39 is 0 Å². The summed E-state index contributed by atoms with van der Waals surface area (Å²) in [6, 6.07) is 19.9. The van der Waals surface area contributed by atoms with E-state index in [1.54, 1.807) is 6.07 Å². The van der Waals surface area contributed by atoms with Gasteiger partial charge in [0.05, 0.1) is 18.7 Å². The van der Waals surface area contributed by atoms with Gasteiger partial charge < -0.3 is 10.1 Å². The molecule has 2 aliphatic rings. The Balaban J connectivity index is 1.22. The maximum atomic E-state index is 15.0. The third-order valence-corrected chi connectivity index (χ3v) is 8.06. The van der Waals surface area contributed by atoms with Crippen molar-refractivity contribution in [1.82, 2.24) is 9.97 Å². The van der Waals surface area contributed by atoms with Gasteiger partial charge in [-0.15, -0.1) is 0 Å². The number of esters is 1. The van der Waals surface area contributed by atoms with Gasteiger partial charge in [-0.2, -0.15) is 0 Å². The molecule has 2 heterocycles. The van der Waals surface area contributed by atoms with E-state index in [9.17, 15) is 4.79 Å². The van der Waals surface area contributed by atoms with Gasteiger partial charge in [0.25, 0.3) is 0 Å². The number of rotatable bonds is 6. The third-order valence-electron chi connectivity index (χ3n) is 7.07. The second kappa shape index (κ2) is 8.17. The van der Waals surface area contributed by atoms with Crippen LogP contribution in [-0.4, -0.2) is 29.1 Å². The van der Waals surface area contributed by atoms with Crippen LogP contribution in [0.5, 0.6) is 0 Å². The Kier molecular flexibility index (Phi) is 5.10. The summed E-state index contributed by atoms with van der Waals surface area (Å²) in [5, 5.41) is 3.93. The number of halogens is 1. The number of aromatic nitrogens is 2. The van der Waals surface area contributed by atoms with E-state index >= 15 is 4.39 Å². The molecule has 0 bridgehead atoms. The van der Waals surface area contributed by atoms with Crippen molar-refractivity contribution < 1.29 is 13.9 Å². The molecule has 2 fully saturated rings. The lowest BCUT2D eigenvalue weighted by Gasteiger charge is -2.34. The van der Waals surface area contributed by atoms with E-state index in [0.717, 1.165) is 28.9 Å². The molecule has 172 valence electrons. The Morgan fingerprint density at radius 3 is 2.59 bits per heavy atom. The molecule has 0 amide bonds. The summed E-state index contributed by atoms with van der Waals surface area (Å²) in [6.45, 7) is 0. The lowest BCUT2D eigenvalue weighted by Crippen LogP contribution is -2.40. The molecule has 0 saturated heterocycles. The van der Waals surface area contributed by atoms with E-state index in [1.165, 1.54) is 30.1 Å². The number of nitrogens with zero attached hydrogens (tertiary/aromatic N) is 2. The molecule has 2 aromatic carbocycles. The van der Waals surface area contributed by atoms with Crippen LogP contribution in [0, 0.1) is 11.7 Å². The predicted molar refractivity (Wildman–Crippen MR) is 131 cm³/mol. The number of carbonyl (C=O) groups is 1. The van der Waals surface area contributed by atoms with Crippen molar-refractivity contribution >= 4 is 33.3 Å². The minimum Gasteiger partial charge on any atom is -0.469 e. The van der Waals surface area contributed by atoms with Crippen molar-refractivity contribution in [3.63, 3.8) is 0 Å². The standard InChI is InChI=1S/C27H24FN3O2S/c1-33-26(32)16-13-19(14-16)29-18-7-8-20(21(28)15-18)24-30-22-9-10-23(31-25(22)34-24)27(11-12-27)17-5-3-2-4-6-17/h2-10,15-16,19,29H,11-14H2,1H3/t16-,19-. The molecule has 1 N–H and O–H groups in total. The molecule has 7 heteroatoms. The molecule has 5 nitrogen and oxygen atoms in total. The highest BCUT2D eigenvalue weighted by atomic mass is 32.1. The van der Waals surface area contributed by atoms with E-state index in [1.807, 2.05) is 18.2 Å². The largest absolute Gasteiger partial charge is 0.469 e. The third kappa shape index (κ3) is 3.64. The molecule has 2 aromatic heterocycles. The van der Waals surface area contributed by atoms with Gasteiger partial charge in [0.2, 0.25) is 0 Å². The van der Waals surface area contributed by atoms with E-state index in [2.05, 4.69) is 40.6 Å². The summed E-state index contributed by atoms with van der Waals surface area (Å²) in [4.78, 5) is 22.0. The van der Waals surface area contributed by atoms with Crippen LogP contribution in [-0.2, 0) is 14.9 Å². The summed E-state index contributed by atoms with van der Waals surface area (Å²) in [6.07, 6.45) is 3.58. The summed E-state index contributed by atoms with van der Waals surface area (Å²) < 4.78 is 19.8. The van der Waals surface area contributed by atoms with Crippen LogP contribution in [0.15, 0.2) is 60.7 Å². The number of hydrogen-bond acceptors (Lipinski definition) is 6. The molecule has 6 rings (SSSR count). The molecule has 2 aliphatic carbocycles. The number of thiazole rings is 1. The Morgan fingerprint density at radius 1 is 1.09 bits per heavy atom. The van der Waals surface area contributed by atoms with Crippen LogP contribution in [0.4, 0.5) is 10.1 Å². The highest BCUT2D eigenvalue weighted by Gasteiger charge is 2.47. The number of carbonyl (C=O) groups excluding carboxylic acids is 1. The molecule has 0 atom stereocenters. The second-order valence-corrected chi connectivity index (χ2v) is 10.2. The summed E-state index contributed by atoms with van der Waals surface area (Å²) >= 11 is 1.43. The summed E-state index contributed by atoms with van der Waals surface area (Å²) in [5.74, 6) is -0.567. The van der Waals surface area contributed by atoms with Crippen molar-refractivity contribution in [2.75, 3.05) is 12.4 Å². The molecule has 2 saturated carbocycles. The monoisotopic (exact) mass is 473 g/mol. The summed E-state index contributed by atoms with van der Waals surface area (Å²) in [5.41, 5.74) is 4.32. The SMILES string of the molecule is COC(=O)[C@H]1C[C@H](Nc2ccc(-c3nc4ccc(C5(c6ccccc6)CC5)nc4s3)c(F)c2)C1. The van der Waals surface area contributed by atoms with Crippen molar-refractivity contribution in [3.8, 4) is 10.6 Å². The number of benzene rings is 2. The van der Waals surface area contributed by atoms with E-state index in [0.29, 0.717) is 29.1 Å². The first-order chi connectivity index (χ1) is 16.6. The molecule has 0 unspecified atom stereocenters. The van der Waals surface area contributed by atoms with E-state index in [4.69, 9.17) is 9.72 Å². The molecular formula is C27H24FN3O2S. The predicted octanol–water partition coefficient (Wildman–Crippen LogP) is 5.94. The minimum atomic E-state index is -0.323. The number of hydrogen-bond donors (Lipinski definition) is 1. The van der Waals surface area contributed by atoms with Crippen LogP contribution in [0.3, 0.4) is 0 Å². The maximum Gasteiger partial charge on any atom is 0.308 e. The van der Waals surface area contributed by atoms with Crippen LogP contribution in [0.2, 0.25) is 0 Å². The zero-order chi connectivity index (χ0) is 23.3. The Morgan fingerprint density at radius 2 is 1.88 bits per heavy atom. The summed E-state index contributed by atoms with van der Waals surface area (Å²) in [7, 11) is 1.41. The minimum absolute atomic E-state index is 0.00737. The average molecular weight is 474 g/mol. The number of anilines is 1. The normalized spacial score (nSPS) is 20.5. The second-order valence-electron chi connectivity index (χ2n) is 9.22. The highest BCUT2D eigenvalue weighted by molar-refractivity contribution is 7.21. The highest BCUT2D eigenvalue weighted by Crippen LogP contribution is 2.53. The van der Waals surface area contributed by atoms with Gasteiger partial charge in [0.15, 0.2) is 0 Å². The molecule has 0 spiro atoms. The fraction of sp³-hybridized carbons (Fsp3) is 0.296. The number of methoxy groups -OCH3 is 1. The Hall–Kier alpha value is -3.32. The first-order valence-corrected chi connectivity index (χ1v) is 12.4. The van der Waals surface area contributed by atoms with Gasteiger partial charge in [0.1, 0.15) is 21.2 Å². The maximum absolute atomic E-state index is 15.0. The molecule has 0 aliphatic heterocycles. The lowest BCUT2D eigenvalue weighted by atomic mass is 9.80. The first-order valence-electron chi connectivity index (χ1n) is 11.5.